The van der Waals surface area contributed by atoms with Crippen LogP contribution in [0.2, 0.25) is 0 Å². The highest BCUT2D eigenvalue weighted by atomic mass is 32.2. The first-order valence-electron chi connectivity index (χ1n) is 14.0. The predicted octanol–water partition coefficient (Wildman–Crippen LogP) is 6.62. The highest BCUT2D eigenvalue weighted by molar-refractivity contribution is 7.98. The van der Waals surface area contributed by atoms with Gasteiger partial charge in [0, 0.05) is 34.3 Å². The minimum atomic E-state index is -0.875. The summed E-state index contributed by atoms with van der Waals surface area (Å²) in [5.74, 6) is 0.0583. The number of hydrogen-bond acceptors (Lipinski definition) is 5. The number of benzene rings is 1. The second-order valence-corrected chi connectivity index (χ2v) is 11.6. The molecule has 2 fully saturated rings. The van der Waals surface area contributed by atoms with Gasteiger partial charge in [0.25, 0.3) is 5.91 Å². The number of hydrogen-bond donors (Lipinski definition) is 3. The third-order valence-electron chi connectivity index (χ3n) is 8.13. The maximum absolute atomic E-state index is 13.3. The second-order valence-electron chi connectivity index (χ2n) is 10.7. The van der Waals surface area contributed by atoms with Crippen molar-refractivity contribution in [3.05, 3.63) is 48.2 Å². The van der Waals surface area contributed by atoms with Gasteiger partial charge in [-0.2, -0.15) is 0 Å². The van der Waals surface area contributed by atoms with Gasteiger partial charge < -0.3 is 15.7 Å². The maximum Gasteiger partial charge on any atom is 0.305 e. The van der Waals surface area contributed by atoms with Gasteiger partial charge in [-0.25, -0.2) is 4.98 Å². The lowest BCUT2D eigenvalue weighted by atomic mass is 9.82. The van der Waals surface area contributed by atoms with Crippen LogP contribution in [-0.2, 0) is 4.79 Å². The van der Waals surface area contributed by atoms with Gasteiger partial charge in [0.2, 0.25) is 0 Å². The van der Waals surface area contributed by atoms with E-state index in [1.807, 2.05) is 22.7 Å². The number of fused-ring (bicyclic) bond motifs is 1. The molecule has 1 unspecified atom stereocenters. The van der Waals surface area contributed by atoms with Gasteiger partial charge in [-0.1, -0.05) is 50.7 Å². The smallest absolute Gasteiger partial charge is 0.305 e. The summed E-state index contributed by atoms with van der Waals surface area (Å²) in [6.07, 6.45) is 15.3. The molecule has 3 N–H and O–H groups in total. The molecule has 2 aliphatic rings. The maximum atomic E-state index is 13.3. The van der Waals surface area contributed by atoms with Gasteiger partial charge in [-0.15, -0.1) is 11.8 Å². The van der Waals surface area contributed by atoms with E-state index in [9.17, 15) is 14.7 Å². The first-order chi connectivity index (χ1) is 18.5. The molecule has 3 aromatic rings. The quantitative estimate of drug-likeness (QED) is 0.267. The Bertz CT molecular complexity index is 1260. The molecular formula is C30H38N4O3S. The van der Waals surface area contributed by atoms with Crippen LogP contribution in [0.5, 0.6) is 0 Å². The molecule has 2 saturated carbocycles. The second kappa shape index (κ2) is 12.2. The number of carboxylic acids is 1. The minimum Gasteiger partial charge on any atom is -0.481 e. The van der Waals surface area contributed by atoms with Crippen LogP contribution in [0.1, 0.15) is 81.0 Å². The number of pyridine rings is 1. The summed E-state index contributed by atoms with van der Waals surface area (Å²) in [6.45, 7) is 0. The first-order valence-corrected chi connectivity index (χ1v) is 15.2. The molecule has 0 spiro atoms. The summed E-state index contributed by atoms with van der Waals surface area (Å²) in [5.41, 5.74) is 3.12. The summed E-state index contributed by atoms with van der Waals surface area (Å²) in [4.78, 5) is 31.0. The number of rotatable bonds is 9. The van der Waals surface area contributed by atoms with Gasteiger partial charge in [0.15, 0.2) is 0 Å². The van der Waals surface area contributed by atoms with Crippen molar-refractivity contribution >= 4 is 35.1 Å². The number of carbonyl (C=O) groups excluding carboxylic acids is 1. The van der Waals surface area contributed by atoms with E-state index < -0.39 is 5.97 Å². The zero-order valence-corrected chi connectivity index (χ0v) is 22.9. The van der Waals surface area contributed by atoms with E-state index in [0.717, 1.165) is 55.6 Å². The van der Waals surface area contributed by atoms with Gasteiger partial charge in [0.1, 0.15) is 17.2 Å². The Labute approximate surface area is 228 Å². The normalized spacial score (nSPS) is 17.8. The molecule has 0 aliphatic heterocycles. The molecule has 1 atom stereocenters. The zero-order valence-electron chi connectivity index (χ0n) is 22.1. The van der Waals surface area contributed by atoms with Gasteiger partial charge in [-0.05, 0) is 62.1 Å². The van der Waals surface area contributed by atoms with E-state index in [0.29, 0.717) is 17.3 Å². The summed E-state index contributed by atoms with van der Waals surface area (Å²) in [6, 6.07) is 12.1. The minimum absolute atomic E-state index is 0.0479. The number of carboxylic acid groups (broad SMARTS) is 1. The number of imidazole rings is 1. The molecule has 8 heteroatoms. The molecule has 5 rings (SSSR count). The lowest BCUT2D eigenvalue weighted by Gasteiger charge is -2.30. The zero-order chi connectivity index (χ0) is 26.5. The Kier molecular flexibility index (Phi) is 8.57. The van der Waals surface area contributed by atoms with E-state index in [2.05, 4.69) is 41.2 Å². The number of nitrogens with zero attached hydrogens (tertiary/aromatic N) is 2. The number of thioether (sulfide) groups is 1. The monoisotopic (exact) mass is 534 g/mol. The van der Waals surface area contributed by atoms with Gasteiger partial charge in [0.05, 0.1) is 6.42 Å². The van der Waals surface area contributed by atoms with Crippen LogP contribution in [0.25, 0.3) is 16.9 Å². The molecule has 1 amide bonds. The van der Waals surface area contributed by atoms with Crippen molar-refractivity contribution in [2.24, 2.45) is 5.92 Å². The van der Waals surface area contributed by atoms with E-state index in [1.54, 1.807) is 11.8 Å². The lowest BCUT2D eigenvalue weighted by molar-refractivity contribution is -0.137. The van der Waals surface area contributed by atoms with Crippen LogP contribution in [0.4, 0.5) is 5.82 Å². The predicted molar refractivity (Wildman–Crippen MR) is 153 cm³/mol. The molecule has 2 heterocycles. The Morgan fingerprint density at radius 2 is 1.71 bits per heavy atom. The molecule has 38 heavy (non-hydrogen) atoms. The lowest BCUT2D eigenvalue weighted by Crippen LogP contribution is -2.42. The molecule has 0 saturated heterocycles. The van der Waals surface area contributed by atoms with Crippen molar-refractivity contribution in [2.45, 2.75) is 87.6 Å². The third-order valence-corrected chi connectivity index (χ3v) is 8.87. The number of anilines is 1. The van der Waals surface area contributed by atoms with Gasteiger partial charge in [-0.3, -0.25) is 14.0 Å². The van der Waals surface area contributed by atoms with Crippen molar-refractivity contribution in [3.8, 4) is 11.3 Å². The SMILES string of the molecule is CSc1ccc(-c2nc3cc(C(=O)NC(CC(=O)O)C4CCCCC4)ccn3c2NC2CCCCC2)cc1. The first kappa shape index (κ1) is 26.6. The number of aromatic nitrogens is 2. The van der Waals surface area contributed by atoms with E-state index in [1.165, 1.54) is 30.6 Å². The average Bonchev–Trinajstić information content (AvgIpc) is 3.31. The van der Waals surface area contributed by atoms with Crippen molar-refractivity contribution in [2.75, 3.05) is 11.6 Å². The highest BCUT2D eigenvalue weighted by Crippen LogP contribution is 2.33. The van der Waals surface area contributed by atoms with E-state index in [-0.39, 0.29) is 24.3 Å². The van der Waals surface area contributed by atoms with E-state index >= 15 is 0 Å². The molecule has 0 bridgehead atoms. The van der Waals surface area contributed by atoms with Crippen LogP contribution in [0, 0.1) is 5.92 Å². The average molecular weight is 535 g/mol. The van der Waals surface area contributed by atoms with Crippen molar-refractivity contribution in [1.82, 2.24) is 14.7 Å². The van der Waals surface area contributed by atoms with Crippen LogP contribution in [0.3, 0.4) is 0 Å². The fourth-order valence-electron chi connectivity index (χ4n) is 6.03. The number of amides is 1. The van der Waals surface area contributed by atoms with Crippen molar-refractivity contribution in [1.29, 1.82) is 0 Å². The molecule has 0 radical (unpaired) electrons. The summed E-state index contributed by atoms with van der Waals surface area (Å²) in [7, 11) is 0. The van der Waals surface area contributed by atoms with Gasteiger partial charge >= 0.3 is 5.97 Å². The molecule has 1 aromatic carbocycles. The standard InChI is InChI=1S/C30H38N4O3S/c1-38-24-14-12-21(13-15-24)28-29(31-23-10-6-3-7-11-23)34-17-16-22(18-26(34)33-28)30(37)32-25(19-27(35)36)20-8-4-2-5-9-20/h12-18,20,23,25,31H,2-11,19H2,1H3,(H,32,37)(H,35,36). The van der Waals surface area contributed by atoms with Crippen LogP contribution >= 0.6 is 11.8 Å². The van der Waals surface area contributed by atoms with Crippen LogP contribution in [0.15, 0.2) is 47.5 Å². The number of aliphatic carboxylic acids is 1. The fraction of sp³-hybridized carbons (Fsp3) is 0.500. The third kappa shape index (κ3) is 6.17. The van der Waals surface area contributed by atoms with Crippen molar-refractivity contribution < 1.29 is 14.7 Å². The molecule has 7 nitrogen and oxygen atoms in total. The Hall–Kier alpha value is -3.00. The largest absolute Gasteiger partial charge is 0.481 e. The molecular weight excluding hydrogens is 496 g/mol. The fourth-order valence-corrected chi connectivity index (χ4v) is 6.43. The van der Waals surface area contributed by atoms with Crippen LogP contribution < -0.4 is 10.6 Å². The summed E-state index contributed by atoms with van der Waals surface area (Å²) >= 11 is 1.71. The highest BCUT2D eigenvalue weighted by Gasteiger charge is 2.28. The summed E-state index contributed by atoms with van der Waals surface area (Å²) in [5, 5.41) is 16.3. The Morgan fingerprint density at radius 3 is 2.37 bits per heavy atom. The Balaban J connectivity index is 1.45. The number of nitrogens with one attached hydrogen (secondary N) is 2. The Morgan fingerprint density at radius 1 is 1.03 bits per heavy atom. The number of carbonyl (C=O) groups is 2. The van der Waals surface area contributed by atoms with Crippen LogP contribution in [-0.4, -0.2) is 44.7 Å². The van der Waals surface area contributed by atoms with Crippen molar-refractivity contribution in [3.63, 3.8) is 0 Å². The molecule has 2 aromatic heterocycles. The topological polar surface area (TPSA) is 95.7 Å². The summed E-state index contributed by atoms with van der Waals surface area (Å²) < 4.78 is 2.04. The van der Waals surface area contributed by atoms with E-state index in [4.69, 9.17) is 4.98 Å². The molecule has 202 valence electrons. The molecule has 2 aliphatic carbocycles.